The Balaban J connectivity index is 1.89. The lowest BCUT2D eigenvalue weighted by atomic mass is 9.92. The lowest BCUT2D eigenvalue weighted by Crippen LogP contribution is -2.24. The number of rotatable bonds is 3. The lowest BCUT2D eigenvalue weighted by molar-refractivity contribution is 0.553. The van der Waals surface area contributed by atoms with E-state index < -0.39 is 5.69 Å². The predicted molar refractivity (Wildman–Crippen MR) is 90.9 cm³/mol. The molecule has 0 unspecified atom stereocenters. The van der Waals surface area contributed by atoms with Gasteiger partial charge in [0.05, 0.1) is 6.21 Å². The van der Waals surface area contributed by atoms with E-state index in [0.29, 0.717) is 11.5 Å². The molecule has 0 aliphatic heterocycles. The van der Waals surface area contributed by atoms with Crippen molar-refractivity contribution >= 4 is 22.9 Å². The molecule has 0 saturated heterocycles. The Kier molecular flexibility index (Phi) is 3.69. The van der Waals surface area contributed by atoms with Gasteiger partial charge in [-0.2, -0.15) is 15.2 Å². The van der Waals surface area contributed by atoms with Crippen molar-refractivity contribution in [3.63, 3.8) is 0 Å². The quantitative estimate of drug-likeness (QED) is 0.511. The van der Waals surface area contributed by atoms with Crippen LogP contribution in [-0.4, -0.2) is 26.4 Å². The molecule has 0 spiro atoms. The number of hydrogen-bond acceptors (Lipinski definition) is 5. The number of para-hydroxylation sites is 1. The van der Waals surface area contributed by atoms with Crippen LogP contribution in [0, 0.1) is 0 Å². The van der Waals surface area contributed by atoms with Crippen molar-refractivity contribution < 1.29 is 0 Å². The molecule has 0 fully saturated rings. The van der Waals surface area contributed by atoms with Crippen LogP contribution in [0.25, 0.3) is 10.9 Å². The van der Waals surface area contributed by atoms with Gasteiger partial charge in [0.1, 0.15) is 5.69 Å². The van der Waals surface area contributed by atoms with E-state index in [-0.39, 0.29) is 5.41 Å². The van der Waals surface area contributed by atoms with Crippen molar-refractivity contribution in [3.05, 3.63) is 52.2 Å². The summed E-state index contributed by atoms with van der Waals surface area (Å²) in [4.78, 5) is 18.5. The number of benzene rings is 1. The molecule has 3 N–H and O–H groups in total. The molecule has 0 bridgehead atoms. The number of fused-ring (bicyclic) bond motifs is 1. The van der Waals surface area contributed by atoms with Gasteiger partial charge in [0.2, 0.25) is 0 Å². The first-order chi connectivity index (χ1) is 10.9. The number of H-pyrrole nitrogens is 2. The topological polar surface area (TPSA) is 98.8 Å². The van der Waals surface area contributed by atoms with Gasteiger partial charge in [-0.05, 0) is 6.07 Å². The molecule has 0 saturated carbocycles. The zero-order valence-electron chi connectivity index (χ0n) is 13.2. The van der Waals surface area contributed by atoms with E-state index in [1.54, 1.807) is 6.21 Å². The van der Waals surface area contributed by atoms with Crippen LogP contribution in [0.4, 0.5) is 5.82 Å². The van der Waals surface area contributed by atoms with Gasteiger partial charge >= 0.3 is 5.69 Å². The minimum absolute atomic E-state index is 0.268. The molecule has 23 heavy (non-hydrogen) atoms. The summed E-state index contributed by atoms with van der Waals surface area (Å²) >= 11 is 0. The molecule has 0 atom stereocenters. The predicted octanol–water partition coefficient (Wildman–Crippen LogP) is 2.39. The van der Waals surface area contributed by atoms with E-state index in [4.69, 9.17) is 0 Å². The average molecular weight is 310 g/mol. The Labute approximate surface area is 132 Å². The molecule has 0 aliphatic carbocycles. The molecule has 7 nitrogen and oxygen atoms in total. The third-order valence-corrected chi connectivity index (χ3v) is 3.41. The summed E-state index contributed by atoms with van der Waals surface area (Å²) in [5.74, 6) is 0.359. The zero-order valence-corrected chi connectivity index (χ0v) is 13.2. The maximum atomic E-state index is 11.4. The van der Waals surface area contributed by atoms with E-state index in [0.717, 1.165) is 16.5 Å². The van der Waals surface area contributed by atoms with Gasteiger partial charge < -0.3 is 4.98 Å². The van der Waals surface area contributed by atoms with Crippen LogP contribution in [-0.2, 0) is 5.41 Å². The van der Waals surface area contributed by atoms with Gasteiger partial charge in [0, 0.05) is 28.1 Å². The fourth-order valence-corrected chi connectivity index (χ4v) is 2.30. The number of nitrogens with zero attached hydrogens (tertiary/aromatic N) is 3. The van der Waals surface area contributed by atoms with E-state index in [1.165, 1.54) is 0 Å². The smallest absolute Gasteiger partial charge is 0.361 e. The first-order valence-electron chi connectivity index (χ1n) is 7.27. The number of nitrogens with one attached hydrogen (secondary N) is 3. The number of aromatic nitrogens is 4. The SMILES string of the molecule is CC(C)(C)c1n[nH]c(=O)nc1N/N=C/c1c[nH]c2ccccc12. The van der Waals surface area contributed by atoms with Crippen molar-refractivity contribution in [1.29, 1.82) is 0 Å². The van der Waals surface area contributed by atoms with Crippen molar-refractivity contribution in [2.75, 3.05) is 5.43 Å². The van der Waals surface area contributed by atoms with Crippen LogP contribution < -0.4 is 11.1 Å². The molecule has 3 rings (SSSR count). The summed E-state index contributed by atoms with van der Waals surface area (Å²) in [6.45, 7) is 5.97. The second-order valence-electron chi connectivity index (χ2n) is 6.25. The first kappa shape index (κ1) is 15.0. The Morgan fingerprint density at radius 3 is 2.83 bits per heavy atom. The molecule has 2 aromatic heterocycles. The molecular weight excluding hydrogens is 292 g/mol. The maximum absolute atomic E-state index is 11.4. The largest absolute Gasteiger partial charge is 0.363 e. The minimum atomic E-state index is -0.511. The number of hydrazone groups is 1. The van der Waals surface area contributed by atoms with Crippen molar-refractivity contribution in [3.8, 4) is 0 Å². The minimum Gasteiger partial charge on any atom is -0.361 e. The van der Waals surface area contributed by atoms with Gasteiger partial charge in [0.25, 0.3) is 0 Å². The molecular formula is C16H18N6O. The normalized spacial score (nSPS) is 12.1. The van der Waals surface area contributed by atoms with Gasteiger partial charge in [-0.25, -0.2) is 9.89 Å². The van der Waals surface area contributed by atoms with Gasteiger partial charge in [0.15, 0.2) is 5.82 Å². The maximum Gasteiger partial charge on any atom is 0.363 e. The van der Waals surface area contributed by atoms with Crippen LogP contribution in [0.3, 0.4) is 0 Å². The van der Waals surface area contributed by atoms with Crippen LogP contribution in [0.15, 0.2) is 40.4 Å². The first-order valence-corrected chi connectivity index (χ1v) is 7.27. The van der Waals surface area contributed by atoms with Gasteiger partial charge in [-0.1, -0.05) is 39.0 Å². The van der Waals surface area contributed by atoms with Gasteiger partial charge in [-0.3, -0.25) is 5.43 Å². The molecule has 7 heteroatoms. The highest BCUT2D eigenvalue weighted by atomic mass is 16.1. The van der Waals surface area contributed by atoms with Crippen molar-refractivity contribution in [2.45, 2.75) is 26.2 Å². The highest BCUT2D eigenvalue weighted by Crippen LogP contribution is 2.24. The third kappa shape index (κ3) is 3.13. The lowest BCUT2D eigenvalue weighted by Gasteiger charge is -2.18. The monoisotopic (exact) mass is 310 g/mol. The summed E-state index contributed by atoms with van der Waals surface area (Å²) in [5, 5.41) is 11.7. The summed E-state index contributed by atoms with van der Waals surface area (Å²) in [6, 6.07) is 7.96. The second kappa shape index (κ2) is 5.68. The van der Waals surface area contributed by atoms with E-state index in [9.17, 15) is 4.79 Å². The third-order valence-electron chi connectivity index (χ3n) is 3.41. The Morgan fingerprint density at radius 2 is 2.04 bits per heavy atom. The highest BCUT2D eigenvalue weighted by molar-refractivity contribution is 5.99. The molecule has 1 aromatic carbocycles. The van der Waals surface area contributed by atoms with Crippen LogP contribution in [0.2, 0.25) is 0 Å². The summed E-state index contributed by atoms with van der Waals surface area (Å²) in [5.41, 5.74) is 4.68. The van der Waals surface area contributed by atoms with Crippen LogP contribution in [0.5, 0.6) is 0 Å². The summed E-state index contributed by atoms with van der Waals surface area (Å²) in [7, 11) is 0. The van der Waals surface area contributed by atoms with Gasteiger partial charge in [-0.15, -0.1) is 0 Å². The number of anilines is 1. The molecule has 118 valence electrons. The molecule has 0 aliphatic rings. The summed E-state index contributed by atoms with van der Waals surface area (Å²) < 4.78 is 0. The summed E-state index contributed by atoms with van der Waals surface area (Å²) in [6.07, 6.45) is 3.57. The number of aromatic amines is 2. The molecule has 0 amide bonds. The molecule has 0 radical (unpaired) electrons. The van der Waals surface area contributed by atoms with Crippen molar-refractivity contribution in [2.24, 2.45) is 5.10 Å². The van der Waals surface area contributed by atoms with Crippen LogP contribution in [0.1, 0.15) is 32.0 Å². The zero-order chi connectivity index (χ0) is 16.4. The van der Waals surface area contributed by atoms with E-state index >= 15 is 0 Å². The fraction of sp³-hybridized carbons (Fsp3) is 0.250. The van der Waals surface area contributed by atoms with Crippen molar-refractivity contribution in [1.82, 2.24) is 20.2 Å². The Bertz CT molecular complexity index is 916. The van der Waals surface area contributed by atoms with E-state index in [2.05, 4.69) is 30.7 Å². The molecule has 3 aromatic rings. The second-order valence-corrected chi connectivity index (χ2v) is 6.25. The average Bonchev–Trinajstić information content (AvgIpc) is 2.90. The Morgan fingerprint density at radius 1 is 1.26 bits per heavy atom. The number of hydrogen-bond donors (Lipinski definition) is 3. The fourth-order valence-electron chi connectivity index (χ4n) is 2.30. The Hall–Kier alpha value is -2.96. The van der Waals surface area contributed by atoms with E-state index in [1.807, 2.05) is 51.2 Å². The highest BCUT2D eigenvalue weighted by Gasteiger charge is 2.21. The standard InChI is InChI=1S/C16H18N6O/c1-16(2,3)13-14(19-15(23)22-20-13)21-18-9-10-8-17-12-7-5-4-6-11(10)12/h4-9,17H,1-3H3,(H2,19,21,22,23)/b18-9+. The van der Waals surface area contributed by atoms with Crippen LogP contribution >= 0.6 is 0 Å². The molecule has 2 heterocycles.